The van der Waals surface area contributed by atoms with Crippen molar-refractivity contribution in [3.05, 3.63) is 0 Å². The third kappa shape index (κ3) is 2.55. The SMILES string of the molecule is COCC(N)CCNC(=O)C1C2CCCC21. The summed E-state index contributed by atoms with van der Waals surface area (Å²) in [6, 6.07) is 0.0315. The third-order valence-corrected chi connectivity index (χ3v) is 3.90. The van der Waals surface area contributed by atoms with Gasteiger partial charge in [-0.15, -0.1) is 0 Å². The fraction of sp³-hybridized carbons (Fsp3) is 0.917. The van der Waals surface area contributed by atoms with Crippen molar-refractivity contribution < 1.29 is 9.53 Å². The van der Waals surface area contributed by atoms with Gasteiger partial charge in [0.05, 0.1) is 6.61 Å². The van der Waals surface area contributed by atoms with Crippen LogP contribution in [0.15, 0.2) is 0 Å². The molecular formula is C12H22N2O2. The second-order valence-corrected chi connectivity index (χ2v) is 5.08. The number of fused-ring (bicyclic) bond motifs is 1. The standard InChI is InChI=1S/C12H22N2O2/c1-16-7-8(13)5-6-14-12(15)11-9-3-2-4-10(9)11/h8-11H,2-7,13H2,1H3,(H,14,15). The first kappa shape index (κ1) is 11.9. The van der Waals surface area contributed by atoms with Crippen LogP contribution in [-0.4, -0.2) is 32.2 Å². The maximum Gasteiger partial charge on any atom is 0.223 e. The van der Waals surface area contributed by atoms with Crippen molar-refractivity contribution in [3.63, 3.8) is 0 Å². The van der Waals surface area contributed by atoms with Gasteiger partial charge in [0.25, 0.3) is 0 Å². The van der Waals surface area contributed by atoms with Gasteiger partial charge in [0.1, 0.15) is 0 Å². The summed E-state index contributed by atoms with van der Waals surface area (Å²) in [4.78, 5) is 11.8. The molecule has 3 N–H and O–H groups in total. The average molecular weight is 226 g/mol. The Morgan fingerprint density at radius 3 is 2.81 bits per heavy atom. The number of carbonyl (C=O) groups excluding carboxylic acids is 1. The highest BCUT2D eigenvalue weighted by atomic mass is 16.5. The van der Waals surface area contributed by atoms with Crippen LogP contribution >= 0.6 is 0 Å². The predicted octanol–water partition coefficient (Wildman–Crippen LogP) is 0.513. The van der Waals surface area contributed by atoms with Gasteiger partial charge in [-0.05, 0) is 31.1 Å². The highest BCUT2D eigenvalue weighted by Gasteiger charge is 2.56. The number of amides is 1. The molecule has 1 amide bonds. The van der Waals surface area contributed by atoms with Gasteiger partial charge in [-0.25, -0.2) is 0 Å². The Balaban J connectivity index is 1.58. The fourth-order valence-corrected chi connectivity index (χ4v) is 3.01. The molecule has 0 aromatic carbocycles. The summed E-state index contributed by atoms with van der Waals surface area (Å²) >= 11 is 0. The van der Waals surface area contributed by atoms with Gasteiger partial charge in [-0.3, -0.25) is 4.79 Å². The van der Waals surface area contributed by atoms with Gasteiger partial charge in [0.2, 0.25) is 5.91 Å². The lowest BCUT2D eigenvalue weighted by molar-refractivity contribution is -0.123. The minimum Gasteiger partial charge on any atom is -0.383 e. The number of nitrogens with one attached hydrogen (secondary N) is 1. The van der Waals surface area contributed by atoms with E-state index in [1.165, 1.54) is 19.3 Å². The third-order valence-electron chi connectivity index (χ3n) is 3.90. The number of hydrogen-bond acceptors (Lipinski definition) is 3. The van der Waals surface area contributed by atoms with Crippen molar-refractivity contribution >= 4 is 5.91 Å². The largest absolute Gasteiger partial charge is 0.383 e. The molecule has 2 fully saturated rings. The molecule has 0 bridgehead atoms. The normalized spacial score (nSPS) is 33.2. The molecule has 0 spiro atoms. The summed E-state index contributed by atoms with van der Waals surface area (Å²) in [5.74, 6) is 1.98. The zero-order valence-corrected chi connectivity index (χ0v) is 9.95. The van der Waals surface area contributed by atoms with Gasteiger partial charge in [-0.1, -0.05) is 6.42 Å². The van der Waals surface area contributed by atoms with E-state index in [0.29, 0.717) is 30.9 Å². The second-order valence-electron chi connectivity index (χ2n) is 5.08. The zero-order chi connectivity index (χ0) is 11.5. The summed E-state index contributed by atoms with van der Waals surface area (Å²) < 4.78 is 4.94. The van der Waals surface area contributed by atoms with E-state index < -0.39 is 0 Å². The molecular weight excluding hydrogens is 204 g/mol. The van der Waals surface area contributed by atoms with E-state index in [4.69, 9.17) is 10.5 Å². The van der Waals surface area contributed by atoms with Gasteiger partial charge >= 0.3 is 0 Å². The molecule has 2 saturated carbocycles. The van der Waals surface area contributed by atoms with Crippen LogP contribution < -0.4 is 11.1 Å². The Kier molecular flexibility index (Phi) is 3.82. The first-order valence-corrected chi connectivity index (χ1v) is 6.26. The number of nitrogens with two attached hydrogens (primary N) is 1. The Bertz CT molecular complexity index is 247. The van der Waals surface area contributed by atoms with Crippen LogP contribution in [0.3, 0.4) is 0 Å². The molecule has 0 saturated heterocycles. The van der Waals surface area contributed by atoms with Crippen molar-refractivity contribution in [1.82, 2.24) is 5.32 Å². The summed E-state index contributed by atoms with van der Waals surface area (Å²) in [5, 5.41) is 2.99. The van der Waals surface area contributed by atoms with E-state index in [1.54, 1.807) is 7.11 Å². The molecule has 16 heavy (non-hydrogen) atoms. The Morgan fingerprint density at radius 2 is 2.19 bits per heavy atom. The lowest BCUT2D eigenvalue weighted by atomic mass is 10.1. The molecule has 2 aliphatic rings. The summed E-state index contributed by atoms with van der Waals surface area (Å²) in [6.45, 7) is 1.24. The summed E-state index contributed by atoms with van der Waals surface area (Å²) in [6.07, 6.45) is 4.62. The van der Waals surface area contributed by atoms with Crippen LogP contribution in [0.4, 0.5) is 0 Å². The topological polar surface area (TPSA) is 64.3 Å². The smallest absolute Gasteiger partial charge is 0.223 e. The van der Waals surface area contributed by atoms with Crippen LogP contribution in [-0.2, 0) is 9.53 Å². The van der Waals surface area contributed by atoms with Crippen LogP contribution in [0.5, 0.6) is 0 Å². The highest BCUT2D eigenvalue weighted by Crippen LogP contribution is 2.57. The molecule has 0 aromatic heterocycles. The van der Waals surface area contributed by atoms with E-state index in [-0.39, 0.29) is 11.9 Å². The molecule has 2 rings (SSSR count). The Hall–Kier alpha value is -0.610. The fourth-order valence-electron chi connectivity index (χ4n) is 3.01. The lowest BCUT2D eigenvalue weighted by Gasteiger charge is -2.11. The molecule has 3 unspecified atom stereocenters. The van der Waals surface area contributed by atoms with Gasteiger partial charge < -0.3 is 15.8 Å². The van der Waals surface area contributed by atoms with Crippen molar-refractivity contribution in [2.24, 2.45) is 23.5 Å². The van der Waals surface area contributed by atoms with Crippen molar-refractivity contribution in [2.75, 3.05) is 20.3 Å². The van der Waals surface area contributed by atoms with Crippen LogP contribution in [0, 0.1) is 17.8 Å². The predicted molar refractivity (Wildman–Crippen MR) is 61.8 cm³/mol. The molecule has 3 atom stereocenters. The van der Waals surface area contributed by atoms with Gasteiger partial charge in [-0.2, -0.15) is 0 Å². The monoisotopic (exact) mass is 226 g/mol. The van der Waals surface area contributed by atoms with E-state index >= 15 is 0 Å². The van der Waals surface area contributed by atoms with Crippen LogP contribution in [0.2, 0.25) is 0 Å². The number of ether oxygens (including phenoxy) is 1. The number of carbonyl (C=O) groups is 1. The van der Waals surface area contributed by atoms with Crippen molar-refractivity contribution in [2.45, 2.75) is 31.7 Å². The Labute approximate surface area is 96.9 Å². The van der Waals surface area contributed by atoms with Gasteiger partial charge in [0.15, 0.2) is 0 Å². The average Bonchev–Trinajstić information content (AvgIpc) is 2.73. The number of methoxy groups -OCH3 is 1. The number of hydrogen-bond donors (Lipinski definition) is 2. The van der Waals surface area contributed by atoms with E-state index in [9.17, 15) is 4.79 Å². The second kappa shape index (κ2) is 5.15. The van der Waals surface area contributed by atoms with E-state index in [1.807, 2.05) is 0 Å². The molecule has 0 aromatic rings. The maximum atomic E-state index is 11.8. The minimum absolute atomic E-state index is 0.0315. The van der Waals surface area contributed by atoms with E-state index in [0.717, 1.165) is 6.42 Å². The molecule has 2 aliphatic carbocycles. The zero-order valence-electron chi connectivity index (χ0n) is 9.95. The molecule has 0 heterocycles. The minimum atomic E-state index is 0.0315. The lowest BCUT2D eigenvalue weighted by Crippen LogP contribution is -2.34. The molecule has 0 radical (unpaired) electrons. The summed E-state index contributed by atoms with van der Waals surface area (Å²) in [7, 11) is 1.64. The van der Waals surface area contributed by atoms with Crippen LogP contribution in [0.25, 0.3) is 0 Å². The first-order chi connectivity index (χ1) is 7.74. The van der Waals surface area contributed by atoms with Crippen molar-refractivity contribution in [3.8, 4) is 0 Å². The quantitative estimate of drug-likeness (QED) is 0.693. The van der Waals surface area contributed by atoms with Gasteiger partial charge in [0, 0.05) is 25.6 Å². The van der Waals surface area contributed by atoms with Crippen molar-refractivity contribution in [1.29, 1.82) is 0 Å². The molecule has 0 aliphatic heterocycles. The van der Waals surface area contributed by atoms with E-state index in [2.05, 4.69) is 5.32 Å². The molecule has 4 heteroatoms. The Morgan fingerprint density at radius 1 is 1.50 bits per heavy atom. The highest BCUT2D eigenvalue weighted by molar-refractivity contribution is 5.82. The molecule has 92 valence electrons. The van der Waals surface area contributed by atoms with Crippen LogP contribution in [0.1, 0.15) is 25.7 Å². The molecule has 4 nitrogen and oxygen atoms in total. The summed E-state index contributed by atoms with van der Waals surface area (Å²) in [5.41, 5.74) is 5.78. The maximum absolute atomic E-state index is 11.8. The first-order valence-electron chi connectivity index (χ1n) is 6.26. The number of rotatable bonds is 6.